The van der Waals surface area contributed by atoms with Gasteiger partial charge in [0.15, 0.2) is 0 Å². The largest absolute Gasteiger partial charge is 0.326 e. The molecule has 1 N–H and O–H groups in total. The Morgan fingerprint density at radius 1 is 1.43 bits per heavy atom. The number of benzene rings is 1. The highest BCUT2D eigenvalue weighted by Crippen LogP contribution is 2.29. The number of alkyl halides is 1. The van der Waals surface area contributed by atoms with Crippen molar-refractivity contribution in [2.24, 2.45) is 5.41 Å². The van der Waals surface area contributed by atoms with E-state index in [9.17, 15) is 9.59 Å². The summed E-state index contributed by atoms with van der Waals surface area (Å²) in [6, 6.07) is 5.63. The zero-order valence-corrected chi connectivity index (χ0v) is 13.5. The number of carbonyl (C=O) groups excluding carboxylic acids is 2. The van der Waals surface area contributed by atoms with Gasteiger partial charge in [0.1, 0.15) is 0 Å². The fourth-order valence-electron chi connectivity index (χ4n) is 2.24. The lowest BCUT2D eigenvalue weighted by Gasteiger charge is -2.22. The number of hydrogen-bond donors (Lipinski definition) is 1. The Morgan fingerprint density at radius 2 is 2.14 bits per heavy atom. The first kappa shape index (κ1) is 15.8. The molecule has 1 saturated heterocycles. The summed E-state index contributed by atoms with van der Waals surface area (Å²) in [5.41, 5.74) is 1.97. The third-order valence-corrected chi connectivity index (χ3v) is 4.45. The van der Waals surface area contributed by atoms with Crippen LogP contribution in [0.5, 0.6) is 0 Å². The van der Waals surface area contributed by atoms with Gasteiger partial charge in [-0.15, -0.1) is 11.6 Å². The van der Waals surface area contributed by atoms with E-state index in [1.807, 2.05) is 25.1 Å². The summed E-state index contributed by atoms with van der Waals surface area (Å²) in [4.78, 5) is 25.8. The molecular weight excluding hydrogens is 288 g/mol. The standard InChI is InChI=1S/C16H21ClN2O2/c1-11-6-7-12(18-15(21)16(2,3)10-17)9-13(11)19-8-4-5-14(19)20/h6-7,9H,4-5,8,10H2,1-3H3,(H,18,21). The molecule has 0 aromatic heterocycles. The molecule has 114 valence electrons. The molecule has 0 saturated carbocycles. The Kier molecular flexibility index (Phi) is 4.57. The van der Waals surface area contributed by atoms with Crippen molar-refractivity contribution in [3.8, 4) is 0 Å². The Hall–Kier alpha value is -1.55. The number of nitrogens with zero attached hydrogens (tertiary/aromatic N) is 1. The average molecular weight is 309 g/mol. The lowest BCUT2D eigenvalue weighted by atomic mass is 9.95. The summed E-state index contributed by atoms with van der Waals surface area (Å²) < 4.78 is 0. The molecule has 1 aromatic carbocycles. The van der Waals surface area contributed by atoms with Crippen molar-refractivity contribution < 1.29 is 9.59 Å². The van der Waals surface area contributed by atoms with Gasteiger partial charge in [0, 0.05) is 30.2 Å². The molecule has 0 aliphatic carbocycles. The zero-order valence-electron chi connectivity index (χ0n) is 12.7. The second kappa shape index (κ2) is 6.06. The molecule has 0 atom stereocenters. The van der Waals surface area contributed by atoms with Gasteiger partial charge in [-0.2, -0.15) is 0 Å². The van der Waals surface area contributed by atoms with Crippen molar-refractivity contribution in [1.82, 2.24) is 0 Å². The molecule has 1 fully saturated rings. The number of aryl methyl sites for hydroxylation is 1. The Labute approximate surface area is 130 Å². The minimum atomic E-state index is -0.629. The number of rotatable bonds is 4. The van der Waals surface area contributed by atoms with E-state index in [-0.39, 0.29) is 17.7 Å². The highest BCUT2D eigenvalue weighted by molar-refractivity contribution is 6.20. The third kappa shape index (κ3) is 3.38. The van der Waals surface area contributed by atoms with E-state index in [1.165, 1.54) is 0 Å². The van der Waals surface area contributed by atoms with Crippen LogP contribution in [-0.4, -0.2) is 24.2 Å². The SMILES string of the molecule is Cc1ccc(NC(=O)C(C)(C)CCl)cc1N1CCCC1=O. The third-order valence-electron chi connectivity index (χ3n) is 3.78. The summed E-state index contributed by atoms with van der Waals surface area (Å²) in [5.74, 6) is 0.269. The summed E-state index contributed by atoms with van der Waals surface area (Å²) >= 11 is 5.82. The van der Waals surface area contributed by atoms with Crippen LogP contribution in [0.3, 0.4) is 0 Å². The lowest BCUT2D eigenvalue weighted by molar-refractivity contribution is -0.123. The van der Waals surface area contributed by atoms with E-state index in [4.69, 9.17) is 11.6 Å². The van der Waals surface area contributed by atoms with Gasteiger partial charge < -0.3 is 10.2 Å². The summed E-state index contributed by atoms with van der Waals surface area (Å²) in [5, 5.41) is 2.88. The molecular formula is C16H21ClN2O2. The van der Waals surface area contributed by atoms with Gasteiger partial charge in [-0.25, -0.2) is 0 Å². The van der Waals surface area contributed by atoms with Gasteiger partial charge in [0.05, 0.1) is 5.41 Å². The maximum absolute atomic E-state index is 12.2. The van der Waals surface area contributed by atoms with Crippen LogP contribution in [0.1, 0.15) is 32.3 Å². The number of anilines is 2. The minimum Gasteiger partial charge on any atom is -0.326 e. The van der Waals surface area contributed by atoms with Crippen LogP contribution >= 0.6 is 11.6 Å². The number of hydrogen-bond acceptors (Lipinski definition) is 2. The van der Waals surface area contributed by atoms with Crippen molar-refractivity contribution in [2.45, 2.75) is 33.6 Å². The molecule has 1 aliphatic rings. The van der Waals surface area contributed by atoms with E-state index in [2.05, 4.69) is 5.32 Å². The highest BCUT2D eigenvalue weighted by atomic mass is 35.5. The van der Waals surface area contributed by atoms with Gasteiger partial charge in [-0.1, -0.05) is 6.07 Å². The quantitative estimate of drug-likeness (QED) is 0.867. The van der Waals surface area contributed by atoms with Crippen LogP contribution in [0.15, 0.2) is 18.2 Å². The summed E-state index contributed by atoms with van der Waals surface area (Å²) in [6.07, 6.45) is 1.48. The van der Waals surface area contributed by atoms with Crippen molar-refractivity contribution >= 4 is 34.8 Å². The Morgan fingerprint density at radius 3 is 2.71 bits per heavy atom. The molecule has 1 heterocycles. The smallest absolute Gasteiger partial charge is 0.231 e. The average Bonchev–Trinajstić information content (AvgIpc) is 2.87. The first-order valence-electron chi connectivity index (χ1n) is 7.13. The van der Waals surface area contributed by atoms with Crippen LogP contribution < -0.4 is 10.2 Å². The Bertz CT molecular complexity index is 569. The Balaban J connectivity index is 2.23. The molecule has 2 rings (SSSR count). The zero-order chi connectivity index (χ0) is 15.6. The topological polar surface area (TPSA) is 49.4 Å². The predicted molar refractivity (Wildman–Crippen MR) is 85.9 cm³/mol. The molecule has 4 nitrogen and oxygen atoms in total. The molecule has 0 radical (unpaired) electrons. The number of nitrogens with one attached hydrogen (secondary N) is 1. The summed E-state index contributed by atoms with van der Waals surface area (Å²) in [7, 11) is 0. The maximum Gasteiger partial charge on any atom is 0.231 e. The fraction of sp³-hybridized carbons (Fsp3) is 0.500. The van der Waals surface area contributed by atoms with Gasteiger partial charge in [0.2, 0.25) is 11.8 Å². The van der Waals surface area contributed by atoms with Gasteiger partial charge in [-0.05, 0) is 44.9 Å². The van der Waals surface area contributed by atoms with Crippen LogP contribution in [0.2, 0.25) is 0 Å². The second-order valence-corrected chi connectivity index (χ2v) is 6.39. The molecule has 0 spiro atoms. The van der Waals surface area contributed by atoms with Crippen molar-refractivity contribution in [3.05, 3.63) is 23.8 Å². The van der Waals surface area contributed by atoms with Crippen LogP contribution in [-0.2, 0) is 9.59 Å². The molecule has 21 heavy (non-hydrogen) atoms. The van der Waals surface area contributed by atoms with E-state index >= 15 is 0 Å². The van der Waals surface area contributed by atoms with Crippen molar-refractivity contribution in [3.63, 3.8) is 0 Å². The number of amides is 2. The maximum atomic E-state index is 12.2. The van der Waals surface area contributed by atoms with Crippen LogP contribution in [0, 0.1) is 12.3 Å². The van der Waals surface area contributed by atoms with Gasteiger partial charge in [0.25, 0.3) is 0 Å². The van der Waals surface area contributed by atoms with Crippen LogP contribution in [0.4, 0.5) is 11.4 Å². The predicted octanol–water partition coefficient (Wildman–Crippen LogP) is 3.33. The molecule has 2 amide bonds. The van der Waals surface area contributed by atoms with E-state index < -0.39 is 5.41 Å². The van der Waals surface area contributed by atoms with Gasteiger partial charge in [-0.3, -0.25) is 9.59 Å². The number of carbonyl (C=O) groups is 2. The molecule has 1 aliphatic heterocycles. The normalized spacial score (nSPS) is 15.4. The van der Waals surface area contributed by atoms with Gasteiger partial charge >= 0.3 is 0 Å². The fourth-order valence-corrected chi connectivity index (χ4v) is 2.36. The summed E-state index contributed by atoms with van der Waals surface area (Å²) in [6.45, 7) is 6.31. The van der Waals surface area contributed by atoms with E-state index in [0.717, 1.165) is 24.2 Å². The first-order valence-corrected chi connectivity index (χ1v) is 7.67. The lowest BCUT2D eigenvalue weighted by Crippen LogP contribution is -2.32. The second-order valence-electron chi connectivity index (χ2n) is 6.12. The molecule has 0 bridgehead atoms. The monoisotopic (exact) mass is 308 g/mol. The van der Waals surface area contributed by atoms with E-state index in [1.54, 1.807) is 18.7 Å². The van der Waals surface area contributed by atoms with Crippen molar-refractivity contribution in [1.29, 1.82) is 0 Å². The molecule has 1 aromatic rings. The van der Waals surface area contributed by atoms with Crippen molar-refractivity contribution in [2.75, 3.05) is 22.6 Å². The highest BCUT2D eigenvalue weighted by Gasteiger charge is 2.27. The van der Waals surface area contributed by atoms with E-state index in [0.29, 0.717) is 12.1 Å². The molecule has 0 unspecified atom stereocenters. The molecule has 5 heteroatoms. The van der Waals surface area contributed by atoms with Crippen LogP contribution in [0.25, 0.3) is 0 Å². The minimum absolute atomic E-state index is 0.125. The number of halogens is 1. The first-order chi connectivity index (χ1) is 9.85.